The number of esters is 1. The Hall–Kier alpha value is -2.10. The minimum absolute atomic E-state index is 0.0745. The molecule has 4 heteroatoms. The molecule has 0 saturated heterocycles. The van der Waals surface area contributed by atoms with Gasteiger partial charge in [0.25, 0.3) is 0 Å². The SMILES string of the molecule is COC(=O)C(C)c1cn(C(C)=O)c2ccccc12. The van der Waals surface area contributed by atoms with Gasteiger partial charge in [-0.15, -0.1) is 0 Å². The minimum Gasteiger partial charge on any atom is -0.469 e. The first kappa shape index (κ1) is 12.4. The number of hydrogen-bond acceptors (Lipinski definition) is 3. The summed E-state index contributed by atoms with van der Waals surface area (Å²) in [6.07, 6.45) is 1.72. The average molecular weight is 245 g/mol. The number of ether oxygens (including phenoxy) is 1. The zero-order valence-electron chi connectivity index (χ0n) is 10.6. The van der Waals surface area contributed by atoms with Crippen molar-refractivity contribution < 1.29 is 14.3 Å². The van der Waals surface area contributed by atoms with Gasteiger partial charge in [-0.2, -0.15) is 0 Å². The van der Waals surface area contributed by atoms with Crippen molar-refractivity contribution in [3.63, 3.8) is 0 Å². The van der Waals surface area contributed by atoms with Crippen LogP contribution in [0.2, 0.25) is 0 Å². The lowest BCUT2D eigenvalue weighted by Crippen LogP contribution is -2.10. The van der Waals surface area contributed by atoms with Crippen molar-refractivity contribution in [2.24, 2.45) is 0 Å². The van der Waals surface area contributed by atoms with Crippen molar-refractivity contribution in [1.29, 1.82) is 0 Å². The lowest BCUT2D eigenvalue weighted by Gasteiger charge is -2.07. The number of fused-ring (bicyclic) bond motifs is 1. The van der Waals surface area contributed by atoms with E-state index in [4.69, 9.17) is 4.74 Å². The first-order valence-corrected chi connectivity index (χ1v) is 5.75. The maximum absolute atomic E-state index is 11.6. The summed E-state index contributed by atoms with van der Waals surface area (Å²) < 4.78 is 6.31. The van der Waals surface area contributed by atoms with Crippen molar-refractivity contribution in [2.75, 3.05) is 7.11 Å². The molecule has 0 aliphatic rings. The second-order valence-electron chi connectivity index (χ2n) is 4.24. The fourth-order valence-electron chi connectivity index (χ4n) is 2.12. The Labute approximate surface area is 105 Å². The van der Waals surface area contributed by atoms with Crippen molar-refractivity contribution >= 4 is 22.8 Å². The predicted molar refractivity (Wildman–Crippen MR) is 68.7 cm³/mol. The van der Waals surface area contributed by atoms with Gasteiger partial charge in [-0.25, -0.2) is 0 Å². The first-order valence-electron chi connectivity index (χ1n) is 5.75. The fraction of sp³-hybridized carbons (Fsp3) is 0.286. The van der Waals surface area contributed by atoms with Crippen LogP contribution >= 0.6 is 0 Å². The zero-order valence-corrected chi connectivity index (χ0v) is 10.6. The molecule has 0 spiro atoms. The summed E-state index contributed by atoms with van der Waals surface area (Å²) in [6, 6.07) is 7.53. The number of hydrogen-bond donors (Lipinski definition) is 0. The van der Waals surface area contributed by atoms with Crippen LogP contribution in [0.4, 0.5) is 0 Å². The molecule has 1 heterocycles. The van der Waals surface area contributed by atoms with Gasteiger partial charge >= 0.3 is 5.97 Å². The van der Waals surface area contributed by atoms with Crippen LogP contribution in [0.15, 0.2) is 30.5 Å². The molecule has 1 aromatic heterocycles. The second kappa shape index (κ2) is 4.64. The van der Waals surface area contributed by atoms with Gasteiger partial charge in [-0.1, -0.05) is 18.2 Å². The van der Waals surface area contributed by atoms with Crippen LogP contribution in [0.1, 0.15) is 30.1 Å². The minimum atomic E-state index is -0.388. The van der Waals surface area contributed by atoms with E-state index >= 15 is 0 Å². The molecule has 1 aromatic carbocycles. The number of para-hydroxylation sites is 1. The Morgan fingerprint density at radius 1 is 1.28 bits per heavy atom. The molecule has 4 nitrogen and oxygen atoms in total. The smallest absolute Gasteiger partial charge is 0.312 e. The number of carbonyl (C=O) groups is 2. The van der Waals surface area contributed by atoms with E-state index < -0.39 is 0 Å². The van der Waals surface area contributed by atoms with Gasteiger partial charge in [-0.3, -0.25) is 14.2 Å². The van der Waals surface area contributed by atoms with E-state index in [1.165, 1.54) is 14.0 Å². The summed E-state index contributed by atoms with van der Waals surface area (Å²) in [5, 5.41) is 0.908. The van der Waals surface area contributed by atoms with Crippen LogP contribution in [0, 0.1) is 0 Å². The van der Waals surface area contributed by atoms with Gasteiger partial charge in [-0.05, 0) is 18.6 Å². The average Bonchev–Trinajstić information content (AvgIpc) is 2.76. The van der Waals surface area contributed by atoms with Gasteiger partial charge in [0, 0.05) is 18.5 Å². The van der Waals surface area contributed by atoms with E-state index in [1.54, 1.807) is 17.7 Å². The van der Waals surface area contributed by atoms with Crippen LogP contribution in [-0.4, -0.2) is 23.6 Å². The first-order chi connectivity index (χ1) is 8.56. The molecule has 0 radical (unpaired) electrons. The van der Waals surface area contributed by atoms with Crippen LogP contribution in [0.25, 0.3) is 10.9 Å². The number of carbonyl (C=O) groups excluding carboxylic acids is 2. The number of aromatic nitrogens is 1. The quantitative estimate of drug-likeness (QED) is 0.764. The number of benzene rings is 1. The van der Waals surface area contributed by atoms with E-state index in [2.05, 4.69) is 0 Å². The highest BCUT2D eigenvalue weighted by Crippen LogP contribution is 2.28. The maximum atomic E-state index is 11.6. The van der Waals surface area contributed by atoms with Gasteiger partial charge in [0.15, 0.2) is 0 Å². The van der Waals surface area contributed by atoms with Crippen molar-refractivity contribution in [2.45, 2.75) is 19.8 Å². The third kappa shape index (κ3) is 1.90. The monoisotopic (exact) mass is 245 g/mol. The summed E-state index contributed by atoms with van der Waals surface area (Å²) in [6.45, 7) is 3.27. The molecular formula is C14H15NO3. The van der Waals surface area contributed by atoms with Crippen molar-refractivity contribution in [1.82, 2.24) is 4.57 Å². The van der Waals surface area contributed by atoms with Crippen molar-refractivity contribution in [3.05, 3.63) is 36.0 Å². The molecule has 2 aromatic rings. The van der Waals surface area contributed by atoms with Gasteiger partial charge in [0.1, 0.15) is 0 Å². The molecule has 0 N–H and O–H groups in total. The number of nitrogens with zero attached hydrogens (tertiary/aromatic N) is 1. The summed E-state index contributed by atoms with van der Waals surface area (Å²) in [5.74, 6) is -0.767. The molecule has 0 aliphatic carbocycles. The largest absolute Gasteiger partial charge is 0.469 e. The summed E-state index contributed by atoms with van der Waals surface area (Å²) in [4.78, 5) is 23.2. The maximum Gasteiger partial charge on any atom is 0.312 e. The Kier molecular flexibility index (Phi) is 3.19. The topological polar surface area (TPSA) is 48.3 Å². The molecule has 0 amide bonds. The van der Waals surface area contributed by atoms with Crippen LogP contribution in [0.3, 0.4) is 0 Å². The molecular weight excluding hydrogens is 230 g/mol. The van der Waals surface area contributed by atoms with Crippen LogP contribution < -0.4 is 0 Å². The van der Waals surface area contributed by atoms with Crippen LogP contribution in [-0.2, 0) is 9.53 Å². The molecule has 0 bridgehead atoms. The molecule has 0 aliphatic heterocycles. The predicted octanol–water partition coefficient (Wildman–Crippen LogP) is 2.58. The lowest BCUT2D eigenvalue weighted by molar-refractivity contribution is -0.141. The summed E-state index contributed by atoms with van der Waals surface area (Å²) >= 11 is 0. The van der Waals surface area contributed by atoms with Gasteiger partial charge < -0.3 is 4.74 Å². The second-order valence-corrected chi connectivity index (χ2v) is 4.24. The van der Waals surface area contributed by atoms with E-state index in [1.807, 2.05) is 24.3 Å². The van der Waals surface area contributed by atoms with Crippen molar-refractivity contribution in [3.8, 4) is 0 Å². The Morgan fingerprint density at radius 2 is 1.94 bits per heavy atom. The molecule has 2 rings (SSSR count). The Bertz CT molecular complexity index is 613. The molecule has 18 heavy (non-hydrogen) atoms. The van der Waals surface area contributed by atoms with E-state index in [9.17, 15) is 9.59 Å². The number of rotatable bonds is 2. The zero-order chi connectivity index (χ0) is 13.3. The molecule has 1 atom stereocenters. The Morgan fingerprint density at radius 3 is 2.56 bits per heavy atom. The lowest BCUT2D eigenvalue weighted by atomic mass is 10.0. The standard InChI is InChI=1S/C14H15NO3/c1-9(14(17)18-3)12-8-15(10(2)16)13-7-5-4-6-11(12)13/h4-9H,1-3H3. The third-order valence-corrected chi connectivity index (χ3v) is 3.10. The third-order valence-electron chi connectivity index (χ3n) is 3.10. The highest BCUT2D eigenvalue weighted by atomic mass is 16.5. The molecule has 0 saturated carbocycles. The summed E-state index contributed by atoms with van der Waals surface area (Å²) in [7, 11) is 1.36. The van der Waals surface area contributed by atoms with E-state index in [0.29, 0.717) is 0 Å². The molecule has 0 fully saturated rings. The fourth-order valence-corrected chi connectivity index (χ4v) is 2.12. The molecule has 94 valence electrons. The van der Waals surface area contributed by atoms with E-state index in [0.717, 1.165) is 16.5 Å². The van der Waals surface area contributed by atoms with Gasteiger partial charge in [0.05, 0.1) is 18.5 Å². The highest BCUT2D eigenvalue weighted by Gasteiger charge is 2.21. The highest BCUT2D eigenvalue weighted by molar-refractivity contribution is 5.96. The summed E-state index contributed by atoms with van der Waals surface area (Å²) in [5.41, 5.74) is 1.63. The van der Waals surface area contributed by atoms with E-state index in [-0.39, 0.29) is 17.8 Å². The Balaban J connectivity index is 2.65. The van der Waals surface area contributed by atoms with Gasteiger partial charge in [0.2, 0.25) is 5.91 Å². The number of methoxy groups -OCH3 is 1. The van der Waals surface area contributed by atoms with Crippen LogP contribution in [0.5, 0.6) is 0 Å². The molecule has 1 unspecified atom stereocenters. The normalized spacial score (nSPS) is 12.4.